The molecule has 3 nitrogen and oxygen atoms in total. The zero-order valence-corrected chi connectivity index (χ0v) is 23.6. The molecule has 0 bridgehead atoms. The standard InChI is InChI=1S/C28H28N2S2.CH4O.2ClH/c1-3-7-23(8-4-1)28(24-9-5-2-6-10-24)30-17-15-29(16-18-30)14-11-27(25-12-19-31-21-25)26-13-20-32-22-26;1-2;;/h1-13,19-22,28H,14-18H2;2H,1H3;2*1H. The summed E-state index contributed by atoms with van der Waals surface area (Å²) >= 11 is 3.56. The van der Waals surface area contributed by atoms with Crippen molar-refractivity contribution >= 4 is 28.2 Å². The van der Waals surface area contributed by atoms with Crippen molar-refractivity contribution in [2.45, 2.75) is 6.04 Å². The lowest BCUT2D eigenvalue weighted by molar-refractivity contribution is -1.02. The second kappa shape index (κ2) is 16.0. The van der Waals surface area contributed by atoms with Crippen LogP contribution in [0.15, 0.2) is 100 Å². The largest absolute Gasteiger partial charge is 1.00 e. The third-order valence-electron chi connectivity index (χ3n) is 6.53. The Morgan fingerprint density at radius 2 is 1.22 bits per heavy atom. The number of hydrogen-bond donors (Lipinski definition) is 3. The molecule has 0 radical (unpaired) electrons. The molecule has 3 N–H and O–H groups in total. The predicted molar refractivity (Wildman–Crippen MR) is 145 cm³/mol. The molecule has 5 rings (SSSR count). The third-order valence-corrected chi connectivity index (χ3v) is 7.90. The fourth-order valence-electron chi connectivity index (χ4n) is 4.86. The Morgan fingerprint density at radius 1 is 0.750 bits per heavy atom. The lowest BCUT2D eigenvalue weighted by atomic mass is 9.96. The van der Waals surface area contributed by atoms with Crippen molar-refractivity contribution in [3.63, 3.8) is 0 Å². The summed E-state index contributed by atoms with van der Waals surface area (Å²) in [5, 5.41) is 15.9. The summed E-state index contributed by atoms with van der Waals surface area (Å²) in [4.78, 5) is 3.38. The second-order valence-electron chi connectivity index (χ2n) is 8.51. The van der Waals surface area contributed by atoms with E-state index in [0.29, 0.717) is 6.04 Å². The number of aliphatic hydroxyl groups is 1. The molecular formula is C29H34Cl2N2OS2. The first-order chi connectivity index (χ1) is 16.9. The van der Waals surface area contributed by atoms with Crippen molar-refractivity contribution < 1.29 is 39.7 Å². The van der Waals surface area contributed by atoms with E-state index in [-0.39, 0.29) is 24.8 Å². The van der Waals surface area contributed by atoms with Crippen LogP contribution in [0.1, 0.15) is 28.3 Å². The fourth-order valence-corrected chi connectivity index (χ4v) is 6.17. The molecule has 2 aromatic carbocycles. The summed E-state index contributed by atoms with van der Waals surface area (Å²) in [5.74, 6) is 0. The highest BCUT2D eigenvalue weighted by Crippen LogP contribution is 2.26. The quantitative estimate of drug-likeness (QED) is 0.228. The van der Waals surface area contributed by atoms with E-state index in [1.54, 1.807) is 32.5 Å². The molecule has 0 saturated carbocycles. The van der Waals surface area contributed by atoms with Gasteiger partial charge < -0.3 is 39.7 Å². The van der Waals surface area contributed by atoms with Gasteiger partial charge in [-0.3, -0.25) is 0 Å². The van der Waals surface area contributed by atoms with Gasteiger partial charge in [0.25, 0.3) is 0 Å². The first-order valence-electron chi connectivity index (χ1n) is 11.9. The minimum Gasteiger partial charge on any atom is -1.00 e. The molecule has 7 heteroatoms. The number of nitrogens with one attached hydrogen (secondary N) is 2. The Balaban J connectivity index is 0.00000111. The molecule has 36 heavy (non-hydrogen) atoms. The average Bonchev–Trinajstić information content (AvgIpc) is 3.64. The van der Waals surface area contributed by atoms with Gasteiger partial charge in [0.2, 0.25) is 0 Å². The van der Waals surface area contributed by atoms with Gasteiger partial charge in [0.15, 0.2) is 0 Å². The molecule has 4 aromatic rings. The van der Waals surface area contributed by atoms with E-state index >= 15 is 0 Å². The lowest BCUT2D eigenvalue weighted by Crippen LogP contribution is -3.28. The van der Waals surface area contributed by atoms with Crippen LogP contribution in [0.25, 0.3) is 5.57 Å². The maximum atomic E-state index is 7.00. The Bertz CT molecular complexity index is 1040. The van der Waals surface area contributed by atoms with E-state index < -0.39 is 0 Å². The fraction of sp³-hybridized carbons (Fsp3) is 0.241. The zero-order valence-electron chi connectivity index (χ0n) is 20.4. The average molecular weight is 562 g/mol. The van der Waals surface area contributed by atoms with E-state index in [1.807, 2.05) is 0 Å². The Morgan fingerprint density at radius 3 is 1.64 bits per heavy atom. The molecule has 3 heterocycles. The minimum absolute atomic E-state index is 0. The van der Waals surface area contributed by atoms with E-state index in [4.69, 9.17) is 5.11 Å². The number of rotatable bonds is 7. The highest BCUT2D eigenvalue weighted by Gasteiger charge is 2.31. The van der Waals surface area contributed by atoms with E-state index in [2.05, 4.69) is 100 Å². The molecule has 0 spiro atoms. The molecule has 0 aliphatic carbocycles. The molecule has 1 aliphatic heterocycles. The molecule has 1 aliphatic rings. The van der Waals surface area contributed by atoms with Crippen LogP contribution in [0.2, 0.25) is 0 Å². The molecule has 2 aromatic heterocycles. The normalized spacial score (nSPS) is 16.6. The van der Waals surface area contributed by atoms with Gasteiger partial charge in [-0.1, -0.05) is 60.7 Å². The van der Waals surface area contributed by atoms with Gasteiger partial charge in [-0.2, -0.15) is 22.7 Å². The summed E-state index contributed by atoms with van der Waals surface area (Å²) in [5.41, 5.74) is 6.94. The Labute approximate surface area is 235 Å². The van der Waals surface area contributed by atoms with Crippen molar-refractivity contribution in [2.24, 2.45) is 0 Å². The number of halogens is 2. The number of benzene rings is 2. The number of piperazine rings is 1. The van der Waals surface area contributed by atoms with Gasteiger partial charge in [-0.05, 0) is 56.4 Å². The maximum absolute atomic E-state index is 7.00. The molecule has 0 atom stereocenters. The third kappa shape index (κ3) is 7.77. The van der Waals surface area contributed by atoms with Crippen molar-refractivity contribution in [2.75, 3.05) is 39.8 Å². The zero-order chi connectivity index (χ0) is 23.6. The van der Waals surface area contributed by atoms with Crippen LogP contribution in [0, 0.1) is 0 Å². The molecule has 1 saturated heterocycles. The van der Waals surface area contributed by atoms with Crippen LogP contribution in [0.4, 0.5) is 0 Å². The SMILES string of the molecule is C(C[NH+]1CC[NH+](C(c2ccccc2)c2ccccc2)CC1)=C(c1ccsc1)c1ccsc1.CO.[Cl-].[Cl-]. The number of quaternary nitrogens is 2. The van der Waals surface area contributed by atoms with Crippen LogP contribution in [0.5, 0.6) is 0 Å². The van der Waals surface area contributed by atoms with E-state index in [1.165, 1.54) is 54.0 Å². The highest BCUT2D eigenvalue weighted by atomic mass is 35.5. The molecular weight excluding hydrogens is 527 g/mol. The monoisotopic (exact) mass is 560 g/mol. The Hall–Kier alpha value is -1.96. The molecule has 192 valence electrons. The van der Waals surface area contributed by atoms with Gasteiger partial charge in [0.05, 0.1) is 6.54 Å². The van der Waals surface area contributed by atoms with E-state index in [0.717, 1.165) is 13.7 Å². The van der Waals surface area contributed by atoms with Crippen molar-refractivity contribution in [1.29, 1.82) is 0 Å². The number of thiophene rings is 2. The molecule has 0 unspecified atom stereocenters. The second-order valence-corrected chi connectivity index (χ2v) is 10.1. The number of hydrogen-bond acceptors (Lipinski definition) is 3. The topological polar surface area (TPSA) is 29.1 Å². The van der Waals surface area contributed by atoms with Crippen molar-refractivity contribution in [3.05, 3.63) is 123 Å². The summed E-state index contributed by atoms with van der Waals surface area (Å²) in [6.07, 6.45) is 2.47. The van der Waals surface area contributed by atoms with E-state index in [9.17, 15) is 0 Å². The summed E-state index contributed by atoms with van der Waals surface area (Å²) < 4.78 is 0. The predicted octanol–water partition coefficient (Wildman–Crippen LogP) is -2.57. The van der Waals surface area contributed by atoms with Crippen LogP contribution >= 0.6 is 22.7 Å². The van der Waals surface area contributed by atoms with Gasteiger partial charge in [-0.25, -0.2) is 0 Å². The van der Waals surface area contributed by atoms with Crippen LogP contribution in [0.3, 0.4) is 0 Å². The highest BCUT2D eigenvalue weighted by molar-refractivity contribution is 7.08. The molecule has 0 amide bonds. The minimum atomic E-state index is 0. The van der Waals surface area contributed by atoms with Gasteiger partial charge >= 0.3 is 0 Å². The van der Waals surface area contributed by atoms with Crippen LogP contribution in [-0.4, -0.2) is 44.9 Å². The van der Waals surface area contributed by atoms with Gasteiger partial charge in [-0.15, -0.1) is 0 Å². The van der Waals surface area contributed by atoms with Crippen molar-refractivity contribution in [1.82, 2.24) is 0 Å². The molecule has 1 fully saturated rings. The first-order valence-corrected chi connectivity index (χ1v) is 13.7. The van der Waals surface area contributed by atoms with Crippen molar-refractivity contribution in [3.8, 4) is 0 Å². The maximum Gasteiger partial charge on any atom is 0.139 e. The van der Waals surface area contributed by atoms with Gasteiger partial charge in [0.1, 0.15) is 32.2 Å². The first kappa shape index (κ1) is 30.3. The number of aliphatic hydroxyl groups excluding tert-OH is 1. The lowest BCUT2D eigenvalue weighted by Gasteiger charge is -2.35. The van der Waals surface area contributed by atoms with Gasteiger partial charge in [0, 0.05) is 18.2 Å². The summed E-state index contributed by atoms with van der Waals surface area (Å²) in [6.45, 7) is 5.91. The van der Waals surface area contributed by atoms with Crippen LogP contribution in [-0.2, 0) is 0 Å². The summed E-state index contributed by atoms with van der Waals surface area (Å²) in [7, 11) is 1.00. The summed E-state index contributed by atoms with van der Waals surface area (Å²) in [6, 6.07) is 27.0. The van der Waals surface area contributed by atoms with Crippen LogP contribution < -0.4 is 34.6 Å². The Kier molecular flexibility index (Phi) is 13.5. The smallest absolute Gasteiger partial charge is 0.139 e.